The molecular formula is C27H25FN4O3S. The molecular weight excluding hydrogens is 479 g/mol. The van der Waals surface area contributed by atoms with Gasteiger partial charge in [-0.1, -0.05) is 24.3 Å². The molecule has 6 rings (SSSR count). The van der Waals surface area contributed by atoms with E-state index < -0.39 is 15.8 Å². The number of halogens is 1. The predicted molar refractivity (Wildman–Crippen MR) is 137 cm³/mol. The van der Waals surface area contributed by atoms with E-state index >= 15 is 0 Å². The van der Waals surface area contributed by atoms with Gasteiger partial charge in [-0.15, -0.1) is 0 Å². The maximum absolute atomic E-state index is 14.2. The Hall–Kier alpha value is -3.53. The van der Waals surface area contributed by atoms with Crippen molar-refractivity contribution >= 4 is 32.0 Å². The molecule has 0 aliphatic carbocycles. The van der Waals surface area contributed by atoms with Crippen LogP contribution >= 0.6 is 0 Å². The second kappa shape index (κ2) is 8.85. The minimum atomic E-state index is -3.92. The second-order valence-corrected chi connectivity index (χ2v) is 11.0. The maximum Gasteiger partial charge on any atom is 0.268 e. The molecule has 0 amide bonds. The van der Waals surface area contributed by atoms with Gasteiger partial charge in [-0.2, -0.15) is 0 Å². The Kier molecular flexibility index (Phi) is 5.63. The van der Waals surface area contributed by atoms with Gasteiger partial charge in [0.2, 0.25) is 5.89 Å². The van der Waals surface area contributed by atoms with Gasteiger partial charge in [-0.3, -0.25) is 4.90 Å². The molecule has 0 atom stereocenters. The van der Waals surface area contributed by atoms with Gasteiger partial charge in [0.05, 0.1) is 17.0 Å². The number of benzene rings is 3. The monoisotopic (exact) mass is 504 g/mol. The summed E-state index contributed by atoms with van der Waals surface area (Å²) in [4.78, 5) is 9.40. The Bertz CT molecular complexity index is 1670. The van der Waals surface area contributed by atoms with Crippen LogP contribution < -0.4 is 0 Å². The Morgan fingerprint density at radius 1 is 0.972 bits per heavy atom. The molecule has 0 N–H and O–H groups in total. The van der Waals surface area contributed by atoms with Crippen molar-refractivity contribution < 1.29 is 17.2 Å². The standard InChI is InChI=1S/C27H25FN4O3S/c1-30-11-13-31(14-12-30)18-27-29-24-10-7-19(15-26(24)35-27)23-17-32(25-16-20(28)8-9-22(23)25)36(33,34)21-5-3-2-4-6-21/h2-10,15-17H,11-14,18H2,1H3. The molecule has 0 bridgehead atoms. The molecule has 0 radical (unpaired) electrons. The van der Waals surface area contributed by atoms with Crippen molar-refractivity contribution in [2.75, 3.05) is 33.2 Å². The van der Waals surface area contributed by atoms with Gasteiger partial charge in [0, 0.05) is 43.3 Å². The van der Waals surface area contributed by atoms with Crippen LogP contribution in [0.5, 0.6) is 0 Å². The van der Waals surface area contributed by atoms with Crippen molar-refractivity contribution in [2.45, 2.75) is 11.4 Å². The van der Waals surface area contributed by atoms with Crippen molar-refractivity contribution in [1.82, 2.24) is 18.8 Å². The van der Waals surface area contributed by atoms with Crippen molar-refractivity contribution in [2.24, 2.45) is 0 Å². The molecule has 9 heteroatoms. The van der Waals surface area contributed by atoms with E-state index in [1.807, 2.05) is 18.2 Å². The normalized spacial score (nSPS) is 15.7. The third-order valence-corrected chi connectivity index (χ3v) is 8.42. The molecule has 1 aliphatic rings. The molecule has 0 unspecified atom stereocenters. The number of fused-ring (bicyclic) bond motifs is 2. The number of nitrogens with zero attached hydrogens (tertiary/aromatic N) is 4. The van der Waals surface area contributed by atoms with E-state index in [1.165, 1.54) is 24.3 Å². The maximum atomic E-state index is 14.2. The summed E-state index contributed by atoms with van der Waals surface area (Å²) in [5.41, 5.74) is 3.09. The Balaban J connectivity index is 1.41. The SMILES string of the molecule is CN1CCN(Cc2nc3ccc(-c4cn(S(=O)(=O)c5ccccc5)c5cc(F)ccc45)cc3o2)CC1. The van der Waals surface area contributed by atoms with Crippen LogP contribution in [-0.2, 0) is 16.6 Å². The van der Waals surface area contributed by atoms with Gasteiger partial charge in [0.1, 0.15) is 11.3 Å². The van der Waals surface area contributed by atoms with E-state index in [-0.39, 0.29) is 10.4 Å². The number of oxazole rings is 1. The van der Waals surface area contributed by atoms with Crippen molar-refractivity contribution in [3.63, 3.8) is 0 Å². The highest BCUT2D eigenvalue weighted by Gasteiger charge is 2.23. The van der Waals surface area contributed by atoms with Crippen molar-refractivity contribution in [1.29, 1.82) is 0 Å². The molecule has 7 nitrogen and oxygen atoms in total. The lowest BCUT2D eigenvalue weighted by Crippen LogP contribution is -2.43. The third-order valence-electron chi connectivity index (χ3n) is 6.73. The fraction of sp³-hybridized carbons (Fsp3) is 0.222. The van der Waals surface area contributed by atoms with Crippen LogP contribution in [-0.4, -0.2) is 60.4 Å². The minimum absolute atomic E-state index is 0.136. The van der Waals surface area contributed by atoms with E-state index in [0.717, 1.165) is 41.2 Å². The number of likely N-dealkylation sites (N-methyl/N-ethyl adjacent to an activating group) is 1. The van der Waals surface area contributed by atoms with Gasteiger partial charge in [0.25, 0.3) is 10.0 Å². The summed E-state index contributed by atoms with van der Waals surface area (Å²) in [6.45, 7) is 4.60. The van der Waals surface area contributed by atoms with Crippen LogP contribution in [0, 0.1) is 5.82 Å². The highest BCUT2D eigenvalue weighted by molar-refractivity contribution is 7.90. The zero-order valence-corrected chi connectivity index (χ0v) is 20.6. The topological polar surface area (TPSA) is 71.6 Å². The minimum Gasteiger partial charge on any atom is -0.439 e. The first-order chi connectivity index (χ1) is 17.4. The molecule has 0 spiro atoms. The Labute approximate surface area is 208 Å². The summed E-state index contributed by atoms with van der Waals surface area (Å²) in [6, 6.07) is 18.0. The lowest BCUT2D eigenvalue weighted by molar-refractivity contribution is 0.139. The predicted octanol–water partition coefficient (Wildman–Crippen LogP) is 4.57. The van der Waals surface area contributed by atoms with Crippen LogP contribution in [0.4, 0.5) is 4.39 Å². The summed E-state index contributed by atoms with van der Waals surface area (Å²) < 4.78 is 48.3. The molecule has 2 aromatic heterocycles. The molecule has 1 saturated heterocycles. The molecule has 1 fully saturated rings. The lowest BCUT2D eigenvalue weighted by Gasteiger charge is -2.31. The molecule has 184 valence electrons. The number of aromatic nitrogens is 2. The fourth-order valence-corrected chi connectivity index (χ4v) is 6.09. The Morgan fingerprint density at radius 3 is 2.53 bits per heavy atom. The van der Waals surface area contributed by atoms with Gasteiger partial charge in [-0.25, -0.2) is 21.8 Å². The van der Waals surface area contributed by atoms with Crippen LogP contribution in [0.25, 0.3) is 33.1 Å². The smallest absolute Gasteiger partial charge is 0.268 e. The van der Waals surface area contributed by atoms with E-state index in [1.54, 1.807) is 30.5 Å². The number of hydrogen-bond acceptors (Lipinski definition) is 6. The van der Waals surface area contributed by atoms with Gasteiger partial charge in [-0.05, 0) is 55.1 Å². The van der Waals surface area contributed by atoms with Gasteiger partial charge >= 0.3 is 0 Å². The first-order valence-electron chi connectivity index (χ1n) is 11.8. The zero-order valence-electron chi connectivity index (χ0n) is 19.8. The van der Waals surface area contributed by atoms with E-state index in [0.29, 0.717) is 29.0 Å². The zero-order chi connectivity index (χ0) is 24.9. The summed E-state index contributed by atoms with van der Waals surface area (Å²) >= 11 is 0. The number of piperazine rings is 1. The number of rotatable bonds is 5. The third kappa shape index (κ3) is 4.09. The second-order valence-electron chi connectivity index (χ2n) is 9.19. The molecule has 5 aromatic rings. The molecule has 36 heavy (non-hydrogen) atoms. The van der Waals surface area contributed by atoms with Crippen LogP contribution in [0.1, 0.15) is 5.89 Å². The molecule has 1 aliphatic heterocycles. The number of hydrogen-bond donors (Lipinski definition) is 0. The summed E-state index contributed by atoms with van der Waals surface area (Å²) in [5.74, 6) is 0.152. The average molecular weight is 505 g/mol. The summed E-state index contributed by atoms with van der Waals surface area (Å²) in [7, 11) is -1.80. The fourth-order valence-electron chi connectivity index (χ4n) is 4.71. The molecule has 0 saturated carbocycles. The molecule has 3 heterocycles. The largest absolute Gasteiger partial charge is 0.439 e. The van der Waals surface area contributed by atoms with E-state index in [4.69, 9.17) is 4.42 Å². The Morgan fingerprint density at radius 2 is 1.75 bits per heavy atom. The lowest BCUT2D eigenvalue weighted by atomic mass is 10.0. The van der Waals surface area contributed by atoms with Crippen LogP contribution in [0.2, 0.25) is 0 Å². The van der Waals surface area contributed by atoms with Crippen LogP contribution in [0.15, 0.2) is 82.2 Å². The van der Waals surface area contributed by atoms with E-state index in [9.17, 15) is 12.8 Å². The van der Waals surface area contributed by atoms with Crippen molar-refractivity contribution in [3.8, 4) is 11.1 Å². The van der Waals surface area contributed by atoms with E-state index in [2.05, 4.69) is 21.8 Å². The highest BCUT2D eigenvalue weighted by atomic mass is 32.2. The van der Waals surface area contributed by atoms with Crippen LogP contribution in [0.3, 0.4) is 0 Å². The summed E-state index contributed by atoms with van der Waals surface area (Å²) in [5, 5.41) is 0.632. The molecule has 3 aromatic carbocycles. The van der Waals surface area contributed by atoms with Gasteiger partial charge in [0.15, 0.2) is 5.58 Å². The summed E-state index contributed by atoms with van der Waals surface area (Å²) in [6.07, 6.45) is 1.55. The quantitative estimate of drug-likeness (QED) is 0.349. The average Bonchev–Trinajstić information content (AvgIpc) is 3.46. The first-order valence-corrected chi connectivity index (χ1v) is 13.2. The van der Waals surface area contributed by atoms with Crippen molar-refractivity contribution in [3.05, 3.63) is 84.6 Å². The van der Waals surface area contributed by atoms with Gasteiger partial charge < -0.3 is 9.32 Å². The first kappa shape index (κ1) is 22.9. The highest BCUT2D eigenvalue weighted by Crippen LogP contribution is 2.35.